The average Bonchev–Trinajstić information content (AvgIpc) is 2.61. The van der Waals surface area contributed by atoms with Crippen LogP contribution >= 0.6 is 0 Å². The maximum Gasteiger partial charge on any atom is 0.265 e. The third-order valence-electron chi connectivity index (χ3n) is 3.47. The summed E-state index contributed by atoms with van der Waals surface area (Å²) in [6.07, 6.45) is 0. The number of hydrogen-bond donors (Lipinski definition) is 2. The Labute approximate surface area is 143 Å². The van der Waals surface area contributed by atoms with Crippen molar-refractivity contribution in [2.75, 3.05) is 19.0 Å². The van der Waals surface area contributed by atoms with Gasteiger partial charge in [-0.25, -0.2) is 13.1 Å². The van der Waals surface area contributed by atoms with Crippen LogP contribution in [0.25, 0.3) is 0 Å². The Balaban J connectivity index is 1.80. The van der Waals surface area contributed by atoms with Crippen LogP contribution in [0.3, 0.4) is 0 Å². The van der Waals surface area contributed by atoms with Gasteiger partial charge in [0, 0.05) is 5.56 Å². The van der Waals surface area contributed by atoms with E-state index in [2.05, 4.69) is 5.32 Å². The maximum atomic E-state index is 12.3. The highest BCUT2D eigenvalue weighted by molar-refractivity contribution is 7.90. The predicted molar refractivity (Wildman–Crippen MR) is 88.2 cm³/mol. The highest BCUT2D eigenvalue weighted by Gasteiger charge is 2.21. The summed E-state index contributed by atoms with van der Waals surface area (Å²) in [6.45, 7) is -0.164. The van der Waals surface area contributed by atoms with Gasteiger partial charge in [0.25, 0.3) is 21.8 Å². The van der Waals surface area contributed by atoms with Crippen LogP contribution in [0, 0.1) is 0 Å². The fraction of sp³-hybridized carbons (Fsp3) is 0.125. The number of sulfonamides is 1. The van der Waals surface area contributed by atoms with Crippen LogP contribution in [0.1, 0.15) is 10.4 Å². The molecule has 0 saturated carbocycles. The zero-order chi connectivity index (χ0) is 18.0. The number of anilines is 1. The Morgan fingerprint density at radius 2 is 1.92 bits per heavy atom. The summed E-state index contributed by atoms with van der Waals surface area (Å²) < 4.78 is 36.7. The van der Waals surface area contributed by atoms with E-state index >= 15 is 0 Å². The van der Waals surface area contributed by atoms with Crippen LogP contribution in [0.4, 0.5) is 5.69 Å². The minimum Gasteiger partial charge on any atom is -0.497 e. The number of carbonyl (C=O) groups is 2. The molecule has 130 valence electrons. The van der Waals surface area contributed by atoms with Crippen LogP contribution in [-0.4, -0.2) is 33.9 Å². The average molecular weight is 362 g/mol. The molecule has 2 aromatic rings. The summed E-state index contributed by atoms with van der Waals surface area (Å²) in [6, 6.07) is 9.87. The van der Waals surface area contributed by atoms with Crippen LogP contribution < -0.4 is 19.5 Å². The summed E-state index contributed by atoms with van der Waals surface area (Å²) in [5.41, 5.74) is 0.512. The summed E-state index contributed by atoms with van der Waals surface area (Å²) in [7, 11) is -2.56. The first-order valence-electron chi connectivity index (χ1n) is 7.17. The second kappa shape index (κ2) is 6.44. The molecule has 0 aromatic heterocycles. The number of methoxy groups -OCH3 is 1. The lowest BCUT2D eigenvalue weighted by Crippen LogP contribution is -2.31. The zero-order valence-corrected chi connectivity index (χ0v) is 13.9. The normalized spacial score (nSPS) is 13.2. The highest BCUT2D eigenvalue weighted by Crippen LogP contribution is 2.28. The highest BCUT2D eigenvalue weighted by atomic mass is 32.2. The van der Waals surface area contributed by atoms with Crippen molar-refractivity contribution in [2.45, 2.75) is 4.90 Å². The van der Waals surface area contributed by atoms with Gasteiger partial charge in [0.1, 0.15) is 11.5 Å². The van der Waals surface area contributed by atoms with E-state index < -0.39 is 15.9 Å². The van der Waals surface area contributed by atoms with E-state index in [4.69, 9.17) is 9.47 Å². The van der Waals surface area contributed by atoms with E-state index in [-0.39, 0.29) is 23.0 Å². The quantitative estimate of drug-likeness (QED) is 0.844. The molecule has 0 bridgehead atoms. The number of hydrogen-bond acceptors (Lipinski definition) is 6. The van der Waals surface area contributed by atoms with E-state index in [0.29, 0.717) is 17.2 Å². The molecule has 8 nitrogen and oxygen atoms in total. The summed E-state index contributed by atoms with van der Waals surface area (Å²) in [4.78, 5) is 23.4. The Morgan fingerprint density at radius 1 is 1.20 bits per heavy atom. The smallest absolute Gasteiger partial charge is 0.265 e. The molecule has 0 saturated heterocycles. The van der Waals surface area contributed by atoms with E-state index in [9.17, 15) is 18.0 Å². The van der Waals surface area contributed by atoms with Gasteiger partial charge in [-0.2, -0.15) is 0 Å². The first-order valence-corrected chi connectivity index (χ1v) is 8.65. The van der Waals surface area contributed by atoms with Crippen molar-refractivity contribution in [3.05, 3.63) is 48.0 Å². The molecule has 1 aliphatic rings. The standard InChI is InChI=1S/C16H14N2O6S/c1-23-11-3-5-12(6-4-11)25(21,22)18-16(20)10-2-7-13-14(8-10)24-9-15(19)17-13/h2-8H,9H2,1H3,(H,17,19)(H,18,20). The summed E-state index contributed by atoms with van der Waals surface area (Å²) in [5, 5.41) is 2.59. The van der Waals surface area contributed by atoms with E-state index in [1.54, 1.807) is 0 Å². The van der Waals surface area contributed by atoms with Crippen molar-refractivity contribution in [1.82, 2.24) is 4.72 Å². The van der Waals surface area contributed by atoms with Crippen molar-refractivity contribution in [1.29, 1.82) is 0 Å². The fourth-order valence-electron chi connectivity index (χ4n) is 2.21. The number of amides is 2. The molecule has 0 radical (unpaired) electrons. The van der Waals surface area contributed by atoms with Crippen molar-refractivity contribution in [3.8, 4) is 11.5 Å². The Kier molecular flexibility index (Phi) is 4.32. The molecule has 0 fully saturated rings. The van der Waals surface area contributed by atoms with Gasteiger partial charge in [-0.3, -0.25) is 9.59 Å². The number of rotatable bonds is 4. The second-order valence-electron chi connectivity index (χ2n) is 5.16. The Morgan fingerprint density at radius 3 is 2.60 bits per heavy atom. The third-order valence-corrected chi connectivity index (χ3v) is 4.82. The molecule has 25 heavy (non-hydrogen) atoms. The second-order valence-corrected chi connectivity index (χ2v) is 6.84. The van der Waals surface area contributed by atoms with Gasteiger partial charge in [0.2, 0.25) is 0 Å². The number of ether oxygens (including phenoxy) is 2. The number of benzene rings is 2. The molecule has 0 unspecified atom stereocenters. The predicted octanol–water partition coefficient (Wildman–Crippen LogP) is 1.14. The van der Waals surface area contributed by atoms with Gasteiger partial charge in [-0.05, 0) is 42.5 Å². The molecular weight excluding hydrogens is 348 g/mol. The minimum absolute atomic E-state index is 0.0666. The Bertz CT molecular complexity index is 938. The van der Waals surface area contributed by atoms with Crippen molar-refractivity contribution < 1.29 is 27.5 Å². The Hall–Kier alpha value is -3.07. The van der Waals surface area contributed by atoms with Crippen molar-refractivity contribution >= 4 is 27.5 Å². The molecule has 2 N–H and O–H groups in total. The lowest BCUT2D eigenvalue weighted by Gasteiger charge is -2.18. The molecule has 0 aliphatic carbocycles. The van der Waals surface area contributed by atoms with Crippen LogP contribution in [0.5, 0.6) is 11.5 Å². The first-order chi connectivity index (χ1) is 11.9. The monoisotopic (exact) mass is 362 g/mol. The van der Waals surface area contributed by atoms with E-state index in [1.165, 1.54) is 49.6 Å². The van der Waals surface area contributed by atoms with Crippen molar-refractivity contribution in [2.24, 2.45) is 0 Å². The number of carbonyl (C=O) groups excluding carboxylic acids is 2. The summed E-state index contributed by atoms with van der Waals surface area (Å²) in [5.74, 6) is -0.306. The third kappa shape index (κ3) is 3.56. The molecule has 1 aliphatic heterocycles. The lowest BCUT2D eigenvalue weighted by molar-refractivity contribution is -0.118. The zero-order valence-electron chi connectivity index (χ0n) is 13.1. The van der Waals surface area contributed by atoms with E-state index in [1.807, 2.05) is 4.72 Å². The first kappa shape index (κ1) is 16.8. The van der Waals surface area contributed by atoms with Gasteiger partial charge in [-0.1, -0.05) is 0 Å². The molecule has 9 heteroatoms. The molecule has 3 rings (SSSR count). The van der Waals surface area contributed by atoms with Gasteiger partial charge >= 0.3 is 0 Å². The van der Waals surface area contributed by atoms with Crippen LogP contribution in [-0.2, 0) is 14.8 Å². The van der Waals surface area contributed by atoms with Gasteiger partial charge in [0.05, 0.1) is 17.7 Å². The molecular formula is C16H14N2O6S. The summed E-state index contributed by atoms with van der Waals surface area (Å²) >= 11 is 0. The largest absolute Gasteiger partial charge is 0.497 e. The van der Waals surface area contributed by atoms with Crippen molar-refractivity contribution in [3.63, 3.8) is 0 Å². The maximum absolute atomic E-state index is 12.3. The number of fused-ring (bicyclic) bond motifs is 1. The SMILES string of the molecule is COc1ccc(S(=O)(=O)NC(=O)c2ccc3c(c2)OCC(=O)N3)cc1. The van der Waals surface area contributed by atoms with Crippen LogP contribution in [0.2, 0.25) is 0 Å². The molecule has 1 heterocycles. The van der Waals surface area contributed by atoms with Crippen LogP contribution in [0.15, 0.2) is 47.4 Å². The topological polar surface area (TPSA) is 111 Å². The van der Waals surface area contributed by atoms with Gasteiger partial charge in [0.15, 0.2) is 6.61 Å². The number of nitrogens with one attached hydrogen (secondary N) is 2. The molecule has 0 spiro atoms. The minimum atomic E-state index is -4.03. The molecule has 2 aromatic carbocycles. The van der Waals surface area contributed by atoms with Gasteiger partial charge in [-0.15, -0.1) is 0 Å². The fourth-order valence-corrected chi connectivity index (χ4v) is 3.18. The van der Waals surface area contributed by atoms with Gasteiger partial charge < -0.3 is 14.8 Å². The molecule has 2 amide bonds. The van der Waals surface area contributed by atoms with E-state index in [0.717, 1.165) is 0 Å². The molecule has 0 atom stereocenters. The lowest BCUT2D eigenvalue weighted by atomic mass is 10.1.